The zero-order valence-corrected chi connectivity index (χ0v) is 14.2. The van der Waals surface area contributed by atoms with Gasteiger partial charge in [-0.1, -0.05) is 0 Å². The lowest BCUT2D eigenvalue weighted by molar-refractivity contribution is -0.116. The normalized spacial score (nSPS) is 11.0. The summed E-state index contributed by atoms with van der Waals surface area (Å²) < 4.78 is 18.9. The maximum Gasteiger partial charge on any atom is 0.407 e. The van der Waals surface area contributed by atoms with Crippen LogP contribution in [-0.2, 0) is 9.53 Å². The number of nitrogens with zero attached hydrogens (tertiary/aromatic N) is 2. The summed E-state index contributed by atoms with van der Waals surface area (Å²) in [7, 11) is 0. The Labute approximate surface area is 144 Å². The third kappa shape index (κ3) is 5.87. The van der Waals surface area contributed by atoms with Gasteiger partial charge < -0.3 is 15.4 Å². The molecular weight excluding hydrogens is 329 g/mol. The molecule has 3 N–H and O–H groups in total. The molecule has 25 heavy (non-hydrogen) atoms. The molecule has 134 valence electrons. The van der Waals surface area contributed by atoms with E-state index in [-0.39, 0.29) is 18.7 Å². The van der Waals surface area contributed by atoms with E-state index in [1.807, 2.05) is 0 Å². The second-order valence-electron chi connectivity index (χ2n) is 6.26. The Balaban J connectivity index is 1.88. The monoisotopic (exact) mass is 349 g/mol. The molecule has 1 aromatic heterocycles. The Morgan fingerprint density at radius 2 is 2.08 bits per heavy atom. The maximum absolute atomic E-state index is 13.9. The van der Waals surface area contributed by atoms with Crippen molar-refractivity contribution in [3.05, 3.63) is 30.3 Å². The Morgan fingerprint density at radius 3 is 2.72 bits per heavy atom. The average Bonchev–Trinajstić information content (AvgIpc) is 3.02. The fourth-order valence-corrected chi connectivity index (χ4v) is 1.92. The highest BCUT2D eigenvalue weighted by Gasteiger charge is 2.16. The minimum atomic E-state index is -0.614. The minimum Gasteiger partial charge on any atom is -0.444 e. The van der Waals surface area contributed by atoms with E-state index < -0.39 is 23.4 Å². The van der Waals surface area contributed by atoms with Crippen molar-refractivity contribution in [1.29, 1.82) is 0 Å². The van der Waals surface area contributed by atoms with Crippen LogP contribution < -0.4 is 10.6 Å². The number of rotatable bonds is 5. The van der Waals surface area contributed by atoms with Crippen molar-refractivity contribution < 1.29 is 18.7 Å². The summed E-state index contributed by atoms with van der Waals surface area (Å²) in [5.41, 5.74) is -0.00590. The summed E-state index contributed by atoms with van der Waals surface area (Å²) in [6.45, 7) is 5.29. The summed E-state index contributed by atoms with van der Waals surface area (Å²) in [5, 5.41) is 11.3. The van der Waals surface area contributed by atoms with Crippen molar-refractivity contribution in [2.24, 2.45) is 0 Å². The molecule has 0 unspecified atom stereocenters. The van der Waals surface area contributed by atoms with Crippen LogP contribution in [0.5, 0.6) is 0 Å². The molecular formula is C16H20FN5O3. The van der Waals surface area contributed by atoms with Gasteiger partial charge in [-0.2, -0.15) is 5.10 Å². The molecule has 0 aliphatic carbocycles. The van der Waals surface area contributed by atoms with Gasteiger partial charge in [-0.15, -0.1) is 0 Å². The van der Waals surface area contributed by atoms with Gasteiger partial charge in [0.1, 0.15) is 17.7 Å². The first kappa shape index (κ1) is 18.4. The van der Waals surface area contributed by atoms with Crippen LogP contribution in [-0.4, -0.2) is 39.3 Å². The summed E-state index contributed by atoms with van der Waals surface area (Å²) in [4.78, 5) is 27.4. The summed E-state index contributed by atoms with van der Waals surface area (Å²) in [5.74, 6) is -0.552. The number of nitrogens with one attached hydrogen (secondary N) is 3. The first-order valence-electron chi connectivity index (χ1n) is 7.66. The number of carbonyl (C=O) groups is 2. The molecule has 2 amide bonds. The van der Waals surface area contributed by atoms with E-state index in [1.54, 1.807) is 20.8 Å². The number of aromatic nitrogens is 3. The van der Waals surface area contributed by atoms with Gasteiger partial charge in [0, 0.05) is 18.5 Å². The van der Waals surface area contributed by atoms with Gasteiger partial charge in [0.15, 0.2) is 5.82 Å². The molecule has 2 aromatic rings. The van der Waals surface area contributed by atoms with Crippen LogP contribution in [0.2, 0.25) is 0 Å². The molecule has 9 heteroatoms. The highest BCUT2D eigenvalue weighted by molar-refractivity contribution is 5.91. The van der Waals surface area contributed by atoms with E-state index in [4.69, 9.17) is 4.74 Å². The molecule has 0 fully saturated rings. The van der Waals surface area contributed by atoms with Crippen molar-refractivity contribution in [3.8, 4) is 11.4 Å². The number of benzene rings is 1. The standard InChI is InChI=1S/C16H20FN5O3/c1-16(2,3)25-15(24)18-7-6-13(23)21-12-8-10(4-5-11(12)17)14-19-9-20-22-14/h4-5,8-9H,6-7H2,1-3H3,(H,18,24)(H,21,23)(H,19,20,22). The number of alkyl carbamates (subject to hydrolysis) is 1. The fourth-order valence-electron chi connectivity index (χ4n) is 1.92. The molecule has 0 aliphatic heterocycles. The molecule has 0 aliphatic rings. The highest BCUT2D eigenvalue weighted by atomic mass is 19.1. The molecule has 0 atom stereocenters. The molecule has 1 aromatic carbocycles. The van der Waals surface area contributed by atoms with E-state index in [2.05, 4.69) is 25.8 Å². The zero-order chi connectivity index (χ0) is 18.4. The highest BCUT2D eigenvalue weighted by Crippen LogP contribution is 2.22. The van der Waals surface area contributed by atoms with Crippen molar-refractivity contribution in [2.75, 3.05) is 11.9 Å². The Morgan fingerprint density at radius 1 is 1.32 bits per heavy atom. The first-order chi connectivity index (χ1) is 11.7. The molecule has 0 spiro atoms. The quantitative estimate of drug-likeness (QED) is 0.768. The fraction of sp³-hybridized carbons (Fsp3) is 0.375. The number of halogens is 1. The molecule has 0 saturated carbocycles. The Hall–Kier alpha value is -2.97. The van der Waals surface area contributed by atoms with Crippen molar-refractivity contribution in [3.63, 3.8) is 0 Å². The number of amides is 2. The molecule has 2 rings (SSSR count). The van der Waals surface area contributed by atoms with Crippen LogP contribution in [0, 0.1) is 5.82 Å². The lowest BCUT2D eigenvalue weighted by atomic mass is 10.2. The van der Waals surface area contributed by atoms with E-state index in [1.165, 1.54) is 24.5 Å². The van der Waals surface area contributed by atoms with Crippen LogP contribution in [0.4, 0.5) is 14.9 Å². The van der Waals surface area contributed by atoms with Gasteiger partial charge in [0.25, 0.3) is 0 Å². The smallest absolute Gasteiger partial charge is 0.407 e. The lowest BCUT2D eigenvalue weighted by Gasteiger charge is -2.19. The lowest BCUT2D eigenvalue weighted by Crippen LogP contribution is -2.34. The van der Waals surface area contributed by atoms with Gasteiger partial charge in [0.2, 0.25) is 5.91 Å². The molecule has 8 nitrogen and oxygen atoms in total. The second kappa shape index (κ2) is 7.73. The van der Waals surface area contributed by atoms with Gasteiger partial charge in [0.05, 0.1) is 5.69 Å². The largest absolute Gasteiger partial charge is 0.444 e. The molecule has 1 heterocycles. The third-order valence-electron chi connectivity index (χ3n) is 2.95. The maximum atomic E-state index is 13.9. The summed E-state index contributed by atoms with van der Waals surface area (Å²) in [6, 6.07) is 4.21. The number of ether oxygens (including phenoxy) is 1. The minimum absolute atomic E-state index is 0.0226. The molecule has 0 radical (unpaired) electrons. The summed E-state index contributed by atoms with van der Waals surface area (Å²) >= 11 is 0. The Bertz CT molecular complexity index is 741. The second-order valence-corrected chi connectivity index (χ2v) is 6.26. The topological polar surface area (TPSA) is 109 Å². The van der Waals surface area contributed by atoms with Gasteiger partial charge in [-0.3, -0.25) is 9.89 Å². The van der Waals surface area contributed by atoms with Crippen LogP contribution in [0.15, 0.2) is 24.5 Å². The molecule has 0 saturated heterocycles. The van der Waals surface area contributed by atoms with Crippen LogP contribution in [0.25, 0.3) is 11.4 Å². The van der Waals surface area contributed by atoms with E-state index in [0.717, 1.165) is 0 Å². The van der Waals surface area contributed by atoms with Crippen molar-refractivity contribution >= 4 is 17.7 Å². The van der Waals surface area contributed by atoms with E-state index in [0.29, 0.717) is 11.4 Å². The number of hydrogen-bond acceptors (Lipinski definition) is 5. The van der Waals surface area contributed by atoms with Gasteiger partial charge in [-0.25, -0.2) is 14.2 Å². The zero-order valence-electron chi connectivity index (χ0n) is 14.2. The SMILES string of the molecule is CC(C)(C)OC(=O)NCCC(=O)Nc1cc(-c2ncn[nH]2)ccc1F. The van der Waals surface area contributed by atoms with Crippen LogP contribution in [0.3, 0.4) is 0 Å². The number of aromatic amines is 1. The third-order valence-corrected chi connectivity index (χ3v) is 2.95. The first-order valence-corrected chi connectivity index (χ1v) is 7.66. The van der Waals surface area contributed by atoms with Gasteiger partial charge >= 0.3 is 6.09 Å². The van der Waals surface area contributed by atoms with Crippen molar-refractivity contribution in [1.82, 2.24) is 20.5 Å². The van der Waals surface area contributed by atoms with Crippen LogP contribution >= 0.6 is 0 Å². The number of hydrogen-bond donors (Lipinski definition) is 3. The Kier molecular flexibility index (Phi) is 5.68. The number of carbonyl (C=O) groups excluding carboxylic acids is 2. The van der Waals surface area contributed by atoms with Gasteiger partial charge in [-0.05, 0) is 39.0 Å². The molecule has 0 bridgehead atoms. The van der Waals surface area contributed by atoms with Crippen LogP contribution in [0.1, 0.15) is 27.2 Å². The summed E-state index contributed by atoms with van der Waals surface area (Å²) in [6.07, 6.45) is 0.698. The average molecular weight is 349 g/mol. The number of anilines is 1. The van der Waals surface area contributed by atoms with Crippen molar-refractivity contribution in [2.45, 2.75) is 32.8 Å². The van der Waals surface area contributed by atoms with E-state index in [9.17, 15) is 14.0 Å². The predicted octanol–water partition coefficient (Wildman–Crippen LogP) is 2.46. The predicted molar refractivity (Wildman–Crippen MR) is 89.3 cm³/mol. The van der Waals surface area contributed by atoms with E-state index >= 15 is 0 Å². The number of H-pyrrole nitrogens is 1.